The van der Waals surface area contributed by atoms with E-state index in [2.05, 4.69) is 10.3 Å². The second-order valence-corrected chi connectivity index (χ2v) is 8.67. The van der Waals surface area contributed by atoms with E-state index in [0.29, 0.717) is 0 Å². The van der Waals surface area contributed by atoms with Crippen molar-refractivity contribution in [3.05, 3.63) is 29.6 Å². The van der Waals surface area contributed by atoms with Crippen molar-refractivity contribution in [2.24, 2.45) is 4.99 Å². The van der Waals surface area contributed by atoms with Gasteiger partial charge in [0.15, 0.2) is 0 Å². The minimum atomic E-state index is -3.80. The van der Waals surface area contributed by atoms with Gasteiger partial charge in [0.25, 0.3) is 0 Å². The largest absolute Gasteiger partial charge is 0.444 e. The van der Waals surface area contributed by atoms with Crippen molar-refractivity contribution in [2.75, 3.05) is 18.5 Å². The Labute approximate surface area is 145 Å². The lowest BCUT2D eigenvalue weighted by molar-refractivity contribution is 0.0559. The molecule has 1 aromatic carbocycles. The van der Waals surface area contributed by atoms with Crippen LogP contribution in [0.15, 0.2) is 23.2 Å². The maximum absolute atomic E-state index is 14.1. The first-order chi connectivity index (χ1) is 11.4. The summed E-state index contributed by atoms with van der Waals surface area (Å²) in [6, 6.07) is 2.81. The van der Waals surface area contributed by atoms with Crippen LogP contribution in [0.3, 0.4) is 0 Å². The Kier molecular flexibility index (Phi) is 4.94. The average molecular weight is 372 g/mol. The Morgan fingerprint density at radius 3 is 2.68 bits per heavy atom. The van der Waals surface area contributed by atoms with Crippen LogP contribution in [0.25, 0.3) is 0 Å². The third-order valence-electron chi connectivity index (χ3n) is 3.35. The van der Waals surface area contributed by atoms with E-state index in [1.807, 2.05) is 0 Å². The molecule has 1 atom stereocenters. The van der Waals surface area contributed by atoms with Gasteiger partial charge in [-0.2, -0.15) is 0 Å². The normalized spacial score (nSPS) is 20.0. The van der Waals surface area contributed by atoms with Gasteiger partial charge in [-0.05, 0) is 39.0 Å². The minimum Gasteiger partial charge on any atom is -0.444 e. The van der Waals surface area contributed by atoms with E-state index in [1.54, 1.807) is 20.8 Å². The number of amides is 1. The van der Waals surface area contributed by atoms with Gasteiger partial charge in [-0.15, -0.1) is 0 Å². The highest BCUT2D eigenvalue weighted by Gasteiger charge is 2.35. The first-order valence-corrected chi connectivity index (χ1v) is 9.09. The number of alkyl carbamates (subject to hydrolysis) is 1. The molecular formula is C15H21FN4O4S. The molecule has 0 saturated heterocycles. The highest BCUT2D eigenvalue weighted by atomic mass is 32.2. The van der Waals surface area contributed by atoms with Gasteiger partial charge in [0, 0.05) is 18.3 Å². The molecule has 1 amide bonds. The lowest BCUT2D eigenvalue weighted by Crippen LogP contribution is -2.50. The monoisotopic (exact) mass is 372 g/mol. The summed E-state index contributed by atoms with van der Waals surface area (Å²) < 4.78 is 44.7. The van der Waals surface area contributed by atoms with Gasteiger partial charge >= 0.3 is 6.09 Å². The molecule has 0 radical (unpaired) electrons. The molecule has 0 spiro atoms. The minimum absolute atomic E-state index is 0.0418. The maximum Gasteiger partial charge on any atom is 0.414 e. The summed E-state index contributed by atoms with van der Waals surface area (Å²) in [5.74, 6) is -1.31. The summed E-state index contributed by atoms with van der Waals surface area (Å²) in [6.07, 6.45) is -0.859. The zero-order valence-electron chi connectivity index (χ0n) is 14.4. The number of hydrogen-bond acceptors (Lipinski definition) is 6. The molecule has 25 heavy (non-hydrogen) atoms. The quantitative estimate of drug-likeness (QED) is 0.727. The summed E-state index contributed by atoms with van der Waals surface area (Å²) in [4.78, 5) is 16.1. The maximum atomic E-state index is 14.1. The molecule has 8 nitrogen and oxygen atoms in total. The van der Waals surface area contributed by atoms with Crippen LogP contribution >= 0.6 is 0 Å². The number of benzene rings is 1. The van der Waals surface area contributed by atoms with Crippen molar-refractivity contribution in [3.63, 3.8) is 0 Å². The van der Waals surface area contributed by atoms with Gasteiger partial charge in [-0.25, -0.2) is 26.9 Å². The van der Waals surface area contributed by atoms with Crippen LogP contribution in [0.5, 0.6) is 0 Å². The Bertz CT molecular complexity index is 817. The molecule has 1 aromatic rings. The number of guanidine groups is 1. The number of carbonyl (C=O) groups excluding carboxylic acids is 1. The molecule has 10 heteroatoms. The lowest BCUT2D eigenvalue weighted by Gasteiger charge is -2.30. The molecule has 2 rings (SSSR count). The molecule has 1 unspecified atom stereocenters. The number of anilines is 1. The molecule has 0 saturated carbocycles. The SMILES string of the molecule is CN1C(NC(=O)OC(C)(C)C)=NC(c2cc(N)ccc2F)CS1(=O)=O. The van der Waals surface area contributed by atoms with Crippen molar-refractivity contribution in [3.8, 4) is 0 Å². The fraction of sp³-hybridized carbons (Fsp3) is 0.467. The van der Waals surface area contributed by atoms with E-state index >= 15 is 0 Å². The average Bonchev–Trinajstić information content (AvgIpc) is 2.44. The topological polar surface area (TPSA) is 114 Å². The number of halogens is 1. The highest BCUT2D eigenvalue weighted by molar-refractivity contribution is 7.89. The van der Waals surface area contributed by atoms with E-state index in [1.165, 1.54) is 19.2 Å². The van der Waals surface area contributed by atoms with E-state index < -0.39 is 39.3 Å². The molecule has 3 N–H and O–H groups in total. The van der Waals surface area contributed by atoms with E-state index in [0.717, 1.165) is 10.4 Å². The molecular weight excluding hydrogens is 351 g/mol. The van der Waals surface area contributed by atoms with Crippen molar-refractivity contribution < 1.29 is 22.3 Å². The van der Waals surface area contributed by atoms with Crippen LogP contribution in [-0.2, 0) is 14.8 Å². The summed E-state index contributed by atoms with van der Waals surface area (Å²) in [5.41, 5.74) is 5.21. The van der Waals surface area contributed by atoms with Crippen molar-refractivity contribution in [1.82, 2.24) is 9.62 Å². The van der Waals surface area contributed by atoms with Gasteiger partial charge in [-0.1, -0.05) is 0 Å². The number of aliphatic imine (C=N–C) groups is 1. The van der Waals surface area contributed by atoms with Crippen molar-refractivity contribution >= 4 is 27.8 Å². The summed E-state index contributed by atoms with van der Waals surface area (Å²) >= 11 is 0. The molecule has 138 valence electrons. The van der Waals surface area contributed by atoms with E-state index in [-0.39, 0.29) is 17.2 Å². The number of nitrogen functional groups attached to an aromatic ring is 1. The smallest absolute Gasteiger partial charge is 0.414 e. The Morgan fingerprint density at radius 2 is 2.08 bits per heavy atom. The van der Waals surface area contributed by atoms with Gasteiger partial charge in [-0.3, -0.25) is 5.32 Å². The molecule has 1 aliphatic heterocycles. The first-order valence-electron chi connectivity index (χ1n) is 7.48. The number of ether oxygens (including phenoxy) is 1. The van der Waals surface area contributed by atoms with Crippen LogP contribution in [-0.4, -0.2) is 43.2 Å². The molecule has 1 heterocycles. The van der Waals surface area contributed by atoms with Crippen LogP contribution in [0, 0.1) is 5.82 Å². The zero-order valence-corrected chi connectivity index (χ0v) is 15.2. The lowest BCUT2D eigenvalue weighted by atomic mass is 10.1. The highest BCUT2D eigenvalue weighted by Crippen LogP contribution is 2.28. The summed E-state index contributed by atoms with van der Waals surface area (Å²) in [6.45, 7) is 5.00. The fourth-order valence-corrected chi connectivity index (χ4v) is 3.43. The number of nitrogens with two attached hydrogens (primary N) is 1. The zero-order chi connectivity index (χ0) is 19.0. The predicted octanol–water partition coefficient (Wildman–Crippen LogP) is 1.60. The second kappa shape index (κ2) is 6.51. The summed E-state index contributed by atoms with van der Waals surface area (Å²) in [5, 5.41) is 2.30. The first kappa shape index (κ1) is 19.0. The third-order valence-corrected chi connectivity index (χ3v) is 5.10. The Hall–Kier alpha value is -2.36. The van der Waals surface area contributed by atoms with Crippen LogP contribution in [0.1, 0.15) is 32.4 Å². The van der Waals surface area contributed by atoms with Crippen molar-refractivity contribution in [2.45, 2.75) is 32.4 Å². The number of nitrogens with zero attached hydrogens (tertiary/aromatic N) is 2. The van der Waals surface area contributed by atoms with E-state index in [9.17, 15) is 17.6 Å². The third kappa shape index (κ3) is 4.59. The predicted molar refractivity (Wildman–Crippen MR) is 91.9 cm³/mol. The number of nitrogens with one attached hydrogen (secondary N) is 1. The van der Waals surface area contributed by atoms with Gasteiger partial charge in [0.2, 0.25) is 16.0 Å². The number of hydrogen-bond donors (Lipinski definition) is 2. The fourth-order valence-electron chi connectivity index (χ4n) is 2.19. The van der Waals surface area contributed by atoms with Gasteiger partial charge < -0.3 is 10.5 Å². The summed E-state index contributed by atoms with van der Waals surface area (Å²) in [7, 11) is -2.55. The Balaban J connectivity index is 2.38. The number of rotatable bonds is 1. The van der Waals surface area contributed by atoms with Crippen molar-refractivity contribution in [1.29, 1.82) is 0 Å². The molecule has 0 aromatic heterocycles. The van der Waals surface area contributed by atoms with E-state index in [4.69, 9.17) is 10.5 Å². The van der Waals surface area contributed by atoms with Gasteiger partial charge in [0.1, 0.15) is 11.4 Å². The molecule has 0 fully saturated rings. The molecule has 1 aliphatic rings. The standard InChI is InChI=1S/C15H21FN4O4S/c1-15(2,3)24-14(21)19-13-18-12(8-25(22,23)20(13)4)10-7-9(17)5-6-11(10)16/h5-7,12H,8,17H2,1-4H3,(H,18,19,21). The number of sulfonamides is 1. The number of carbonyl (C=O) groups is 1. The molecule has 0 bridgehead atoms. The Morgan fingerprint density at radius 1 is 1.44 bits per heavy atom. The van der Waals surface area contributed by atoms with Crippen LogP contribution < -0.4 is 11.1 Å². The van der Waals surface area contributed by atoms with Gasteiger partial charge in [0.05, 0.1) is 11.8 Å². The second-order valence-electron chi connectivity index (χ2n) is 6.62. The van der Waals surface area contributed by atoms with Crippen LogP contribution in [0.2, 0.25) is 0 Å². The molecule has 0 aliphatic carbocycles. The van der Waals surface area contributed by atoms with Crippen LogP contribution in [0.4, 0.5) is 14.9 Å².